The summed E-state index contributed by atoms with van der Waals surface area (Å²) in [6.45, 7) is 4.50. The standard InChI is InChI=1S/C20H21N7O2/c1-4-29-20(28)16-10-23-19-17(13(2)25-26(19)3)18(16)22-9-14-5-7-15(8-6-14)27-12-21-11-24-27/h5-8,10-12H,4,9H2,1-3H3,(H,22,23). The lowest BCUT2D eigenvalue weighted by atomic mass is 10.1. The van der Waals surface area contributed by atoms with Crippen molar-refractivity contribution in [3.05, 3.63) is 59.9 Å². The van der Waals surface area contributed by atoms with Gasteiger partial charge in [0.05, 0.1) is 29.1 Å². The molecule has 9 heteroatoms. The molecule has 29 heavy (non-hydrogen) atoms. The van der Waals surface area contributed by atoms with Gasteiger partial charge in [0, 0.05) is 19.8 Å². The number of carbonyl (C=O) groups is 1. The minimum atomic E-state index is -0.408. The molecule has 0 fully saturated rings. The van der Waals surface area contributed by atoms with Crippen molar-refractivity contribution < 1.29 is 9.53 Å². The van der Waals surface area contributed by atoms with Crippen molar-refractivity contribution in [1.29, 1.82) is 0 Å². The Labute approximate surface area is 167 Å². The van der Waals surface area contributed by atoms with E-state index in [4.69, 9.17) is 4.74 Å². The van der Waals surface area contributed by atoms with E-state index in [1.54, 1.807) is 22.6 Å². The zero-order valence-corrected chi connectivity index (χ0v) is 16.5. The number of nitrogens with one attached hydrogen (secondary N) is 1. The first-order valence-corrected chi connectivity index (χ1v) is 9.25. The molecule has 0 amide bonds. The van der Waals surface area contributed by atoms with Gasteiger partial charge in [-0.1, -0.05) is 12.1 Å². The van der Waals surface area contributed by atoms with Crippen LogP contribution in [-0.2, 0) is 18.3 Å². The second-order valence-corrected chi connectivity index (χ2v) is 6.54. The van der Waals surface area contributed by atoms with Crippen molar-refractivity contribution >= 4 is 22.7 Å². The zero-order chi connectivity index (χ0) is 20.4. The quantitative estimate of drug-likeness (QED) is 0.504. The number of fused-ring (bicyclic) bond motifs is 1. The molecule has 0 spiro atoms. The number of rotatable bonds is 6. The van der Waals surface area contributed by atoms with E-state index in [0.29, 0.717) is 30.0 Å². The van der Waals surface area contributed by atoms with E-state index in [1.165, 1.54) is 12.5 Å². The third-order valence-electron chi connectivity index (χ3n) is 4.61. The van der Waals surface area contributed by atoms with Gasteiger partial charge in [-0.3, -0.25) is 4.68 Å². The molecule has 9 nitrogen and oxygen atoms in total. The molecule has 0 aliphatic heterocycles. The number of anilines is 1. The smallest absolute Gasteiger partial charge is 0.341 e. The molecule has 0 aliphatic rings. The first-order valence-electron chi connectivity index (χ1n) is 9.25. The monoisotopic (exact) mass is 391 g/mol. The fraction of sp³-hybridized carbons (Fsp3) is 0.250. The van der Waals surface area contributed by atoms with Gasteiger partial charge in [-0.15, -0.1) is 0 Å². The molecule has 0 saturated carbocycles. The summed E-state index contributed by atoms with van der Waals surface area (Å²) in [6, 6.07) is 7.94. The fourth-order valence-electron chi connectivity index (χ4n) is 3.26. The van der Waals surface area contributed by atoms with Gasteiger partial charge in [-0.25, -0.2) is 19.4 Å². The number of hydrogen-bond acceptors (Lipinski definition) is 7. The minimum absolute atomic E-state index is 0.298. The Hall–Kier alpha value is -3.75. The third kappa shape index (κ3) is 3.54. The number of nitrogens with zero attached hydrogens (tertiary/aromatic N) is 6. The third-order valence-corrected chi connectivity index (χ3v) is 4.61. The predicted molar refractivity (Wildman–Crippen MR) is 108 cm³/mol. The van der Waals surface area contributed by atoms with Crippen molar-refractivity contribution in [1.82, 2.24) is 29.5 Å². The first-order chi connectivity index (χ1) is 14.1. The van der Waals surface area contributed by atoms with E-state index < -0.39 is 5.97 Å². The van der Waals surface area contributed by atoms with E-state index >= 15 is 0 Å². The Morgan fingerprint density at radius 2 is 2.03 bits per heavy atom. The molecule has 1 N–H and O–H groups in total. The lowest BCUT2D eigenvalue weighted by Crippen LogP contribution is -2.11. The Kier molecular flexibility index (Phi) is 4.94. The van der Waals surface area contributed by atoms with Crippen LogP contribution in [0.15, 0.2) is 43.1 Å². The maximum atomic E-state index is 12.5. The van der Waals surface area contributed by atoms with Crippen LogP contribution in [0.25, 0.3) is 16.7 Å². The molecule has 4 aromatic rings. The van der Waals surface area contributed by atoms with E-state index in [2.05, 4.69) is 25.5 Å². The summed E-state index contributed by atoms with van der Waals surface area (Å²) in [7, 11) is 1.83. The molecule has 0 unspecified atom stereocenters. The second-order valence-electron chi connectivity index (χ2n) is 6.54. The van der Waals surface area contributed by atoms with Crippen LogP contribution in [0.5, 0.6) is 0 Å². The minimum Gasteiger partial charge on any atom is -0.462 e. The van der Waals surface area contributed by atoms with Crippen LogP contribution >= 0.6 is 0 Å². The number of aromatic nitrogens is 6. The van der Waals surface area contributed by atoms with Crippen LogP contribution in [0, 0.1) is 6.92 Å². The SMILES string of the molecule is CCOC(=O)c1cnc2c(c(C)nn2C)c1NCc1ccc(-n2cncn2)cc1. The van der Waals surface area contributed by atoms with Gasteiger partial charge < -0.3 is 10.1 Å². The highest BCUT2D eigenvalue weighted by molar-refractivity contribution is 6.05. The van der Waals surface area contributed by atoms with Crippen molar-refractivity contribution in [2.45, 2.75) is 20.4 Å². The number of aryl methyl sites for hydroxylation is 2. The molecule has 3 aromatic heterocycles. The molecule has 1 aromatic carbocycles. The second kappa shape index (κ2) is 7.70. The fourth-order valence-corrected chi connectivity index (χ4v) is 3.26. The van der Waals surface area contributed by atoms with Crippen molar-refractivity contribution in [3.8, 4) is 5.69 Å². The number of benzene rings is 1. The average Bonchev–Trinajstić information content (AvgIpc) is 3.35. The molecular formula is C20H21N7O2. The summed E-state index contributed by atoms with van der Waals surface area (Å²) in [5.41, 5.74) is 4.56. The summed E-state index contributed by atoms with van der Waals surface area (Å²) < 4.78 is 8.61. The highest BCUT2D eigenvalue weighted by Crippen LogP contribution is 2.29. The van der Waals surface area contributed by atoms with Crippen LogP contribution < -0.4 is 5.32 Å². The molecule has 0 aliphatic carbocycles. The summed E-state index contributed by atoms with van der Waals surface area (Å²) in [5.74, 6) is -0.408. The van der Waals surface area contributed by atoms with Gasteiger partial charge in [0.1, 0.15) is 18.2 Å². The van der Waals surface area contributed by atoms with Crippen molar-refractivity contribution in [2.24, 2.45) is 7.05 Å². The topological polar surface area (TPSA) is 99.8 Å². The van der Waals surface area contributed by atoms with Gasteiger partial charge in [0.2, 0.25) is 0 Å². The zero-order valence-electron chi connectivity index (χ0n) is 16.5. The lowest BCUT2D eigenvalue weighted by Gasteiger charge is -2.13. The number of esters is 1. The van der Waals surface area contributed by atoms with Gasteiger partial charge in [0.25, 0.3) is 0 Å². The Bertz CT molecular complexity index is 1150. The molecule has 148 valence electrons. The van der Waals surface area contributed by atoms with Crippen LogP contribution in [0.2, 0.25) is 0 Å². The molecule has 0 radical (unpaired) electrons. The van der Waals surface area contributed by atoms with Gasteiger partial charge in [-0.2, -0.15) is 10.2 Å². The maximum absolute atomic E-state index is 12.5. The highest BCUT2D eigenvalue weighted by Gasteiger charge is 2.20. The highest BCUT2D eigenvalue weighted by atomic mass is 16.5. The van der Waals surface area contributed by atoms with E-state index in [9.17, 15) is 4.79 Å². The Morgan fingerprint density at radius 1 is 1.24 bits per heavy atom. The lowest BCUT2D eigenvalue weighted by molar-refractivity contribution is 0.0527. The summed E-state index contributed by atoms with van der Waals surface area (Å²) in [6.07, 6.45) is 4.69. The maximum Gasteiger partial charge on any atom is 0.341 e. The van der Waals surface area contributed by atoms with Gasteiger partial charge in [0.15, 0.2) is 5.65 Å². The van der Waals surface area contributed by atoms with Crippen molar-refractivity contribution in [3.63, 3.8) is 0 Å². The number of carbonyl (C=O) groups excluding carboxylic acids is 1. The van der Waals surface area contributed by atoms with Crippen LogP contribution in [-0.4, -0.2) is 42.1 Å². The molecule has 3 heterocycles. The van der Waals surface area contributed by atoms with E-state index in [0.717, 1.165) is 22.3 Å². The first kappa shape index (κ1) is 18.6. The Balaban J connectivity index is 1.65. The largest absolute Gasteiger partial charge is 0.462 e. The predicted octanol–water partition coefficient (Wildman–Crippen LogP) is 2.65. The molecule has 0 bridgehead atoms. The number of ether oxygens (including phenoxy) is 1. The van der Waals surface area contributed by atoms with E-state index in [1.807, 2.05) is 38.2 Å². The number of hydrogen-bond donors (Lipinski definition) is 1. The van der Waals surface area contributed by atoms with Crippen LogP contribution in [0.4, 0.5) is 5.69 Å². The summed E-state index contributed by atoms with van der Waals surface area (Å²) in [4.78, 5) is 20.8. The Morgan fingerprint density at radius 3 is 2.72 bits per heavy atom. The number of pyridine rings is 1. The average molecular weight is 391 g/mol. The normalized spacial score (nSPS) is 11.0. The molecule has 0 atom stereocenters. The van der Waals surface area contributed by atoms with Crippen molar-refractivity contribution in [2.75, 3.05) is 11.9 Å². The molecule has 4 rings (SSSR count). The van der Waals surface area contributed by atoms with E-state index in [-0.39, 0.29) is 0 Å². The molecular weight excluding hydrogens is 370 g/mol. The summed E-state index contributed by atoms with van der Waals surface area (Å²) in [5, 5.41) is 12.8. The van der Waals surface area contributed by atoms with Crippen LogP contribution in [0.3, 0.4) is 0 Å². The summed E-state index contributed by atoms with van der Waals surface area (Å²) >= 11 is 0. The van der Waals surface area contributed by atoms with Gasteiger partial charge >= 0.3 is 5.97 Å². The van der Waals surface area contributed by atoms with Crippen LogP contribution in [0.1, 0.15) is 28.5 Å². The van der Waals surface area contributed by atoms with Gasteiger partial charge in [-0.05, 0) is 31.5 Å². The molecule has 0 saturated heterocycles.